The van der Waals surface area contributed by atoms with E-state index in [4.69, 9.17) is 0 Å². The maximum absolute atomic E-state index is 13.9. The average molecular weight is 248 g/mol. The van der Waals surface area contributed by atoms with Crippen LogP contribution in [0, 0.1) is 11.7 Å². The van der Waals surface area contributed by atoms with Crippen LogP contribution in [0.15, 0.2) is 18.2 Å². The molecule has 2 unspecified atom stereocenters. The Morgan fingerprint density at radius 3 is 2.83 bits per heavy atom. The van der Waals surface area contributed by atoms with Crippen LogP contribution in [0.4, 0.5) is 4.39 Å². The highest BCUT2D eigenvalue weighted by Crippen LogP contribution is 2.39. The van der Waals surface area contributed by atoms with Crippen LogP contribution in [-0.4, -0.2) is 31.1 Å². The Balaban J connectivity index is 1.96. The number of benzene rings is 1. The monoisotopic (exact) mass is 248 g/mol. The lowest BCUT2D eigenvalue weighted by molar-refractivity contribution is 0.118. The molecule has 18 heavy (non-hydrogen) atoms. The van der Waals surface area contributed by atoms with Crippen LogP contribution in [0.5, 0.6) is 0 Å². The van der Waals surface area contributed by atoms with Gasteiger partial charge in [0.1, 0.15) is 5.82 Å². The van der Waals surface area contributed by atoms with Crippen LogP contribution in [-0.2, 0) is 6.42 Å². The van der Waals surface area contributed by atoms with Gasteiger partial charge in [0.25, 0.3) is 0 Å². The fourth-order valence-corrected chi connectivity index (χ4v) is 3.47. The van der Waals surface area contributed by atoms with Gasteiger partial charge in [-0.2, -0.15) is 0 Å². The molecule has 1 heterocycles. The minimum atomic E-state index is -0.0143. The van der Waals surface area contributed by atoms with E-state index in [1.165, 1.54) is 5.56 Å². The Hall–Kier alpha value is -0.930. The first-order chi connectivity index (χ1) is 8.77. The zero-order chi connectivity index (χ0) is 12.5. The van der Waals surface area contributed by atoms with E-state index in [1.54, 1.807) is 6.07 Å². The first-order valence-electron chi connectivity index (χ1n) is 6.99. The number of piperazine rings is 1. The molecule has 0 saturated carbocycles. The Morgan fingerprint density at radius 1 is 1.28 bits per heavy atom. The molecule has 2 nitrogen and oxygen atoms in total. The van der Waals surface area contributed by atoms with E-state index in [1.807, 2.05) is 6.07 Å². The largest absolute Gasteiger partial charge is 0.314 e. The van der Waals surface area contributed by atoms with Crippen LogP contribution in [0.2, 0.25) is 0 Å². The molecule has 98 valence electrons. The quantitative estimate of drug-likeness (QED) is 0.820. The molecule has 1 N–H and O–H groups in total. The van der Waals surface area contributed by atoms with Gasteiger partial charge in [-0.25, -0.2) is 4.39 Å². The number of nitrogens with one attached hydrogen (secondary N) is 1. The maximum Gasteiger partial charge on any atom is 0.126 e. The summed E-state index contributed by atoms with van der Waals surface area (Å²) in [4.78, 5) is 2.53. The van der Waals surface area contributed by atoms with Gasteiger partial charge in [0, 0.05) is 32.2 Å². The van der Waals surface area contributed by atoms with E-state index in [0.29, 0.717) is 12.0 Å². The van der Waals surface area contributed by atoms with Crippen molar-refractivity contribution in [2.75, 3.05) is 26.2 Å². The molecule has 1 aromatic rings. The molecule has 0 bridgehead atoms. The molecular weight excluding hydrogens is 227 g/mol. The topological polar surface area (TPSA) is 15.3 Å². The van der Waals surface area contributed by atoms with Crippen LogP contribution < -0.4 is 5.32 Å². The Morgan fingerprint density at radius 2 is 2.06 bits per heavy atom. The molecule has 3 rings (SSSR count). The zero-order valence-electron chi connectivity index (χ0n) is 11.0. The third kappa shape index (κ3) is 2.06. The third-order valence-corrected chi connectivity index (χ3v) is 4.41. The molecule has 0 spiro atoms. The van der Waals surface area contributed by atoms with Crippen LogP contribution in [0.25, 0.3) is 0 Å². The molecule has 1 aliphatic heterocycles. The van der Waals surface area contributed by atoms with E-state index < -0.39 is 0 Å². The number of fused-ring (bicyclic) bond motifs is 1. The maximum atomic E-state index is 13.9. The fourth-order valence-electron chi connectivity index (χ4n) is 3.47. The van der Waals surface area contributed by atoms with E-state index in [2.05, 4.69) is 23.2 Å². The van der Waals surface area contributed by atoms with Crippen LogP contribution >= 0.6 is 0 Å². The molecular formula is C15H21FN2. The summed E-state index contributed by atoms with van der Waals surface area (Å²) < 4.78 is 13.9. The van der Waals surface area contributed by atoms with Crippen LogP contribution in [0.3, 0.4) is 0 Å². The van der Waals surface area contributed by atoms with Crippen molar-refractivity contribution in [2.45, 2.75) is 25.8 Å². The second kappa shape index (κ2) is 4.98. The van der Waals surface area contributed by atoms with Crippen molar-refractivity contribution in [3.63, 3.8) is 0 Å². The SMILES string of the molecule is CC1CCc2c(F)cccc2C1N1CCNCC1. The summed E-state index contributed by atoms with van der Waals surface area (Å²) in [6, 6.07) is 6.00. The summed E-state index contributed by atoms with van der Waals surface area (Å²) in [5.41, 5.74) is 2.19. The average Bonchev–Trinajstić information content (AvgIpc) is 2.40. The van der Waals surface area contributed by atoms with Crippen molar-refractivity contribution < 1.29 is 4.39 Å². The summed E-state index contributed by atoms with van der Waals surface area (Å²) >= 11 is 0. The van der Waals surface area contributed by atoms with E-state index in [0.717, 1.165) is 44.6 Å². The molecule has 2 atom stereocenters. The number of nitrogens with zero attached hydrogens (tertiary/aromatic N) is 1. The van der Waals surface area contributed by atoms with Gasteiger partial charge in [0.2, 0.25) is 0 Å². The van der Waals surface area contributed by atoms with Gasteiger partial charge in [-0.15, -0.1) is 0 Å². The van der Waals surface area contributed by atoms with Crippen molar-refractivity contribution in [2.24, 2.45) is 5.92 Å². The lowest BCUT2D eigenvalue weighted by atomic mass is 9.79. The predicted octanol–water partition coefficient (Wildman–Crippen LogP) is 2.35. The summed E-state index contributed by atoms with van der Waals surface area (Å²) in [6.45, 7) is 6.55. The fraction of sp³-hybridized carbons (Fsp3) is 0.600. The van der Waals surface area contributed by atoms with Gasteiger partial charge in [-0.3, -0.25) is 4.90 Å². The van der Waals surface area contributed by atoms with Crippen molar-refractivity contribution in [1.82, 2.24) is 10.2 Å². The van der Waals surface area contributed by atoms with Gasteiger partial charge in [-0.1, -0.05) is 19.1 Å². The minimum Gasteiger partial charge on any atom is -0.314 e. The standard InChI is InChI=1S/C15H21FN2/c1-11-5-6-12-13(3-2-4-14(12)16)15(11)18-9-7-17-8-10-18/h2-4,11,15,17H,5-10H2,1H3. The molecule has 1 fully saturated rings. The second-order valence-electron chi connectivity index (χ2n) is 5.55. The van der Waals surface area contributed by atoms with Gasteiger partial charge < -0.3 is 5.32 Å². The predicted molar refractivity (Wildman–Crippen MR) is 71.1 cm³/mol. The van der Waals surface area contributed by atoms with Crippen LogP contribution in [0.1, 0.15) is 30.5 Å². The van der Waals surface area contributed by atoms with E-state index in [-0.39, 0.29) is 5.82 Å². The number of hydrogen-bond acceptors (Lipinski definition) is 2. The Labute approximate surface area is 108 Å². The zero-order valence-corrected chi connectivity index (χ0v) is 11.0. The molecule has 1 saturated heterocycles. The number of rotatable bonds is 1. The van der Waals surface area contributed by atoms with Gasteiger partial charge in [-0.05, 0) is 36.0 Å². The summed E-state index contributed by atoms with van der Waals surface area (Å²) in [5.74, 6) is 0.608. The third-order valence-electron chi connectivity index (χ3n) is 4.41. The normalized spacial score (nSPS) is 29.0. The molecule has 0 amide bonds. The number of hydrogen-bond donors (Lipinski definition) is 1. The highest BCUT2D eigenvalue weighted by Gasteiger charge is 2.32. The van der Waals surface area contributed by atoms with Crippen molar-refractivity contribution >= 4 is 0 Å². The molecule has 2 aliphatic rings. The Bertz CT molecular complexity index is 427. The summed E-state index contributed by atoms with van der Waals surface area (Å²) in [7, 11) is 0. The smallest absolute Gasteiger partial charge is 0.126 e. The van der Waals surface area contributed by atoms with Crippen molar-refractivity contribution in [3.8, 4) is 0 Å². The summed E-state index contributed by atoms with van der Waals surface area (Å²) in [5, 5.41) is 3.39. The minimum absolute atomic E-state index is 0.0143. The Kier molecular flexibility index (Phi) is 3.35. The van der Waals surface area contributed by atoms with E-state index in [9.17, 15) is 4.39 Å². The highest BCUT2D eigenvalue weighted by atomic mass is 19.1. The van der Waals surface area contributed by atoms with Gasteiger partial charge in [0.05, 0.1) is 0 Å². The molecule has 3 heteroatoms. The molecule has 1 aliphatic carbocycles. The van der Waals surface area contributed by atoms with Gasteiger partial charge >= 0.3 is 0 Å². The first-order valence-corrected chi connectivity index (χ1v) is 6.99. The second-order valence-corrected chi connectivity index (χ2v) is 5.55. The lowest BCUT2D eigenvalue weighted by Gasteiger charge is -2.42. The van der Waals surface area contributed by atoms with Crippen molar-refractivity contribution in [1.29, 1.82) is 0 Å². The highest BCUT2D eigenvalue weighted by molar-refractivity contribution is 5.34. The molecule has 0 radical (unpaired) electrons. The molecule has 1 aromatic carbocycles. The summed E-state index contributed by atoms with van der Waals surface area (Å²) in [6.07, 6.45) is 1.99. The first kappa shape index (κ1) is 12.1. The van der Waals surface area contributed by atoms with Gasteiger partial charge in [0.15, 0.2) is 0 Å². The number of halogens is 1. The molecule has 0 aromatic heterocycles. The van der Waals surface area contributed by atoms with Crippen molar-refractivity contribution in [3.05, 3.63) is 35.1 Å². The van der Waals surface area contributed by atoms with E-state index >= 15 is 0 Å². The lowest BCUT2D eigenvalue weighted by Crippen LogP contribution is -2.47.